The van der Waals surface area contributed by atoms with Crippen LogP contribution in [0.25, 0.3) is 0 Å². The summed E-state index contributed by atoms with van der Waals surface area (Å²) in [5, 5.41) is 8.89. The summed E-state index contributed by atoms with van der Waals surface area (Å²) in [5.74, 6) is -2.20. The third-order valence-corrected chi connectivity index (χ3v) is 2.52. The number of alkyl halides is 5. The van der Waals surface area contributed by atoms with Gasteiger partial charge >= 0.3 is 18.8 Å². The Balaban J connectivity index is 3.47. The molecule has 0 fully saturated rings. The molecule has 0 amide bonds. The van der Waals surface area contributed by atoms with Crippen molar-refractivity contribution in [1.29, 1.82) is 5.26 Å². The fourth-order valence-corrected chi connectivity index (χ4v) is 1.71. The molecule has 9 heteroatoms. The highest BCUT2D eigenvalue weighted by Crippen LogP contribution is 2.40. The standard InChI is InChI=1S/C13H10F5NO3/c1-2-21-10(20)5-8-7(6-19)3-4-9(13(16,17)18)11(8)22-12(14)15/h3-4,12H,2,5H2,1H3. The van der Waals surface area contributed by atoms with Crippen molar-refractivity contribution in [2.45, 2.75) is 26.1 Å². The van der Waals surface area contributed by atoms with Gasteiger partial charge in [0.15, 0.2) is 0 Å². The van der Waals surface area contributed by atoms with Crippen molar-refractivity contribution in [2.75, 3.05) is 6.61 Å². The molecule has 22 heavy (non-hydrogen) atoms. The number of nitrogens with zero attached hydrogens (tertiary/aromatic N) is 1. The maximum absolute atomic E-state index is 12.9. The van der Waals surface area contributed by atoms with Crippen molar-refractivity contribution in [3.05, 3.63) is 28.8 Å². The topological polar surface area (TPSA) is 59.3 Å². The molecular weight excluding hydrogens is 313 g/mol. The molecule has 0 radical (unpaired) electrons. The minimum atomic E-state index is -4.98. The van der Waals surface area contributed by atoms with E-state index in [4.69, 9.17) is 5.26 Å². The molecule has 4 nitrogen and oxygen atoms in total. The highest BCUT2D eigenvalue weighted by Gasteiger charge is 2.37. The molecule has 1 rings (SSSR count). The van der Waals surface area contributed by atoms with Crippen molar-refractivity contribution in [2.24, 2.45) is 0 Å². The highest BCUT2D eigenvalue weighted by atomic mass is 19.4. The largest absolute Gasteiger partial charge is 0.466 e. The van der Waals surface area contributed by atoms with Gasteiger partial charge in [-0.15, -0.1) is 0 Å². The second-order valence-corrected chi connectivity index (χ2v) is 3.94. The number of benzene rings is 1. The molecule has 120 valence electrons. The van der Waals surface area contributed by atoms with E-state index in [-0.39, 0.29) is 12.2 Å². The van der Waals surface area contributed by atoms with Crippen molar-refractivity contribution in [3.8, 4) is 11.8 Å². The van der Waals surface area contributed by atoms with Gasteiger partial charge in [-0.2, -0.15) is 27.2 Å². The van der Waals surface area contributed by atoms with Crippen LogP contribution in [0.2, 0.25) is 0 Å². The zero-order valence-electron chi connectivity index (χ0n) is 11.2. The van der Waals surface area contributed by atoms with Crippen LogP contribution in [0.4, 0.5) is 22.0 Å². The fraction of sp³-hybridized carbons (Fsp3) is 0.385. The lowest BCUT2D eigenvalue weighted by atomic mass is 9.99. The minimum absolute atomic E-state index is 0.0509. The number of carbonyl (C=O) groups excluding carboxylic acids is 1. The Morgan fingerprint density at radius 1 is 1.36 bits per heavy atom. The van der Waals surface area contributed by atoms with Crippen LogP contribution in [-0.4, -0.2) is 19.2 Å². The third kappa shape index (κ3) is 4.31. The molecule has 0 aliphatic rings. The first-order chi connectivity index (χ1) is 10.2. The summed E-state index contributed by atoms with van der Waals surface area (Å²) in [4.78, 5) is 11.4. The summed E-state index contributed by atoms with van der Waals surface area (Å²) in [7, 11) is 0. The van der Waals surface area contributed by atoms with E-state index < -0.39 is 42.1 Å². The van der Waals surface area contributed by atoms with E-state index in [2.05, 4.69) is 9.47 Å². The average Bonchev–Trinajstić information content (AvgIpc) is 2.38. The average molecular weight is 323 g/mol. The summed E-state index contributed by atoms with van der Waals surface area (Å²) >= 11 is 0. The van der Waals surface area contributed by atoms with Crippen LogP contribution in [0, 0.1) is 11.3 Å². The Morgan fingerprint density at radius 3 is 2.45 bits per heavy atom. The molecule has 1 aromatic carbocycles. The third-order valence-electron chi connectivity index (χ3n) is 2.52. The fourth-order valence-electron chi connectivity index (χ4n) is 1.71. The van der Waals surface area contributed by atoms with Gasteiger partial charge in [-0.25, -0.2) is 0 Å². The molecule has 0 unspecified atom stereocenters. The predicted molar refractivity (Wildman–Crippen MR) is 63.1 cm³/mol. The van der Waals surface area contributed by atoms with Gasteiger partial charge in [0.2, 0.25) is 0 Å². The lowest BCUT2D eigenvalue weighted by Crippen LogP contribution is -2.17. The van der Waals surface area contributed by atoms with Gasteiger partial charge in [-0.3, -0.25) is 4.79 Å². The summed E-state index contributed by atoms with van der Waals surface area (Å²) in [6.07, 6.45) is -5.77. The number of rotatable bonds is 5. The van der Waals surface area contributed by atoms with Crippen LogP contribution >= 0.6 is 0 Å². The molecule has 0 saturated heterocycles. The molecule has 0 aliphatic heterocycles. The second kappa shape index (κ2) is 7.06. The zero-order valence-corrected chi connectivity index (χ0v) is 11.2. The number of hydrogen-bond donors (Lipinski definition) is 0. The molecule has 0 aromatic heterocycles. The van der Waals surface area contributed by atoms with Gasteiger partial charge in [-0.1, -0.05) is 0 Å². The van der Waals surface area contributed by atoms with E-state index in [1.807, 2.05) is 0 Å². The maximum atomic E-state index is 12.9. The molecule has 0 spiro atoms. The summed E-state index contributed by atoms with van der Waals surface area (Å²) < 4.78 is 71.9. The van der Waals surface area contributed by atoms with Crippen molar-refractivity contribution in [1.82, 2.24) is 0 Å². The van der Waals surface area contributed by atoms with Gasteiger partial charge in [0.05, 0.1) is 30.2 Å². The summed E-state index contributed by atoms with van der Waals surface area (Å²) in [6.45, 7) is -2.13. The first-order valence-electron chi connectivity index (χ1n) is 5.94. The molecule has 0 saturated carbocycles. The quantitative estimate of drug-likeness (QED) is 0.616. The molecule has 0 N–H and O–H groups in total. The Kier molecular flexibility index (Phi) is 5.68. The van der Waals surface area contributed by atoms with Gasteiger partial charge in [-0.05, 0) is 19.1 Å². The normalized spacial score (nSPS) is 11.2. The van der Waals surface area contributed by atoms with Crippen LogP contribution in [-0.2, 0) is 22.1 Å². The smallest absolute Gasteiger partial charge is 0.419 e. The molecule has 1 aromatic rings. The highest BCUT2D eigenvalue weighted by molar-refractivity contribution is 5.75. The van der Waals surface area contributed by atoms with Gasteiger partial charge < -0.3 is 9.47 Å². The number of hydrogen-bond acceptors (Lipinski definition) is 4. The summed E-state index contributed by atoms with van der Waals surface area (Å²) in [6, 6.07) is 2.77. The first-order valence-corrected chi connectivity index (χ1v) is 5.94. The van der Waals surface area contributed by atoms with E-state index in [0.29, 0.717) is 6.07 Å². The molecular formula is C13H10F5NO3. The number of halogens is 5. The SMILES string of the molecule is CCOC(=O)Cc1c(C#N)ccc(C(F)(F)F)c1OC(F)F. The Morgan fingerprint density at radius 2 is 2.00 bits per heavy atom. The van der Waals surface area contributed by atoms with E-state index in [1.165, 1.54) is 13.0 Å². The number of esters is 1. The predicted octanol–water partition coefficient (Wildman–Crippen LogP) is 3.28. The van der Waals surface area contributed by atoms with Gasteiger partial charge in [0, 0.05) is 5.56 Å². The Hall–Kier alpha value is -2.37. The van der Waals surface area contributed by atoms with Crippen LogP contribution in [0.15, 0.2) is 12.1 Å². The van der Waals surface area contributed by atoms with E-state index in [1.54, 1.807) is 0 Å². The lowest BCUT2D eigenvalue weighted by Gasteiger charge is -2.17. The van der Waals surface area contributed by atoms with Gasteiger partial charge in [0.1, 0.15) is 5.75 Å². The monoisotopic (exact) mass is 323 g/mol. The van der Waals surface area contributed by atoms with Crippen LogP contribution < -0.4 is 4.74 Å². The number of ether oxygens (including phenoxy) is 2. The van der Waals surface area contributed by atoms with Gasteiger partial charge in [0.25, 0.3) is 0 Å². The lowest BCUT2D eigenvalue weighted by molar-refractivity contribution is -0.144. The first kappa shape index (κ1) is 17.7. The minimum Gasteiger partial charge on any atom is -0.466 e. The number of carbonyl (C=O) groups is 1. The maximum Gasteiger partial charge on any atom is 0.419 e. The zero-order chi connectivity index (χ0) is 16.9. The van der Waals surface area contributed by atoms with Crippen molar-refractivity contribution >= 4 is 5.97 Å². The van der Waals surface area contributed by atoms with E-state index in [0.717, 1.165) is 6.07 Å². The Labute approximate surface area is 122 Å². The number of nitriles is 1. The van der Waals surface area contributed by atoms with Crippen LogP contribution in [0.3, 0.4) is 0 Å². The molecule has 0 heterocycles. The van der Waals surface area contributed by atoms with E-state index >= 15 is 0 Å². The van der Waals surface area contributed by atoms with Crippen LogP contribution in [0.1, 0.15) is 23.6 Å². The van der Waals surface area contributed by atoms with E-state index in [9.17, 15) is 26.7 Å². The van der Waals surface area contributed by atoms with Crippen molar-refractivity contribution in [3.63, 3.8) is 0 Å². The van der Waals surface area contributed by atoms with Crippen molar-refractivity contribution < 1.29 is 36.2 Å². The summed E-state index contributed by atoms with van der Waals surface area (Å²) in [5.41, 5.74) is -2.46. The molecule has 0 aliphatic carbocycles. The Bertz CT molecular complexity index is 593. The molecule has 0 atom stereocenters. The van der Waals surface area contributed by atoms with Crippen LogP contribution in [0.5, 0.6) is 5.75 Å². The molecule has 0 bridgehead atoms. The second-order valence-electron chi connectivity index (χ2n) is 3.94.